The van der Waals surface area contributed by atoms with E-state index in [0.29, 0.717) is 17.3 Å². The molecule has 108 valence electrons. The molecule has 6 heteroatoms. The fourth-order valence-electron chi connectivity index (χ4n) is 1.68. The van der Waals surface area contributed by atoms with Gasteiger partial charge in [-0.15, -0.1) is 0 Å². The van der Waals surface area contributed by atoms with Crippen molar-refractivity contribution in [1.29, 1.82) is 0 Å². The van der Waals surface area contributed by atoms with Crippen molar-refractivity contribution in [2.75, 3.05) is 5.32 Å². The number of hydrogen-bond acceptors (Lipinski definition) is 3. The average Bonchev–Trinajstić information content (AvgIpc) is 2.46. The van der Waals surface area contributed by atoms with E-state index in [1.54, 1.807) is 42.7 Å². The van der Waals surface area contributed by atoms with Crippen molar-refractivity contribution in [3.63, 3.8) is 0 Å². The van der Waals surface area contributed by atoms with E-state index in [0.717, 1.165) is 5.56 Å². The molecule has 1 aromatic carbocycles. The summed E-state index contributed by atoms with van der Waals surface area (Å²) in [6.07, 6.45) is 3.07. The Morgan fingerprint density at radius 2 is 2.00 bits per heavy atom. The molecule has 0 bridgehead atoms. The summed E-state index contributed by atoms with van der Waals surface area (Å²) in [5.41, 5.74) is 1.44. The first-order valence-corrected chi connectivity index (χ1v) is 6.72. The van der Waals surface area contributed by atoms with Crippen LogP contribution in [0.15, 0.2) is 48.8 Å². The molecule has 0 atom stereocenters. The van der Waals surface area contributed by atoms with Gasteiger partial charge in [-0.25, -0.2) is 0 Å². The highest BCUT2D eigenvalue weighted by Crippen LogP contribution is 2.14. The summed E-state index contributed by atoms with van der Waals surface area (Å²) in [6, 6.07) is 10.4. The molecule has 0 saturated heterocycles. The second kappa shape index (κ2) is 7.40. The van der Waals surface area contributed by atoms with Crippen LogP contribution in [0.25, 0.3) is 0 Å². The Bertz CT molecular complexity index is 632. The molecule has 2 rings (SSSR count). The molecule has 21 heavy (non-hydrogen) atoms. The molecule has 2 aromatic rings. The Balaban J connectivity index is 1.78. The number of halogens is 1. The van der Waals surface area contributed by atoms with Gasteiger partial charge in [0, 0.05) is 29.6 Å². The number of nitrogens with zero attached hydrogens (tertiary/aromatic N) is 1. The van der Waals surface area contributed by atoms with Gasteiger partial charge in [-0.3, -0.25) is 14.6 Å². The van der Waals surface area contributed by atoms with Crippen LogP contribution in [0.3, 0.4) is 0 Å². The average molecular weight is 304 g/mol. The minimum Gasteiger partial charge on any atom is -0.352 e. The summed E-state index contributed by atoms with van der Waals surface area (Å²) in [6.45, 7) is 0.344. The molecule has 2 amide bonds. The third kappa shape index (κ3) is 5.24. The molecule has 0 unspecified atom stereocenters. The van der Waals surface area contributed by atoms with E-state index in [9.17, 15) is 9.59 Å². The summed E-state index contributed by atoms with van der Waals surface area (Å²) < 4.78 is 0. The molecule has 1 heterocycles. The number of nitrogens with one attached hydrogen (secondary N) is 2. The van der Waals surface area contributed by atoms with E-state index in [2.05, 4.69) is 15.6 Å². The highest BCUT2D eigenvalue weighted by atomic mass is 35.5. The van der Waals surface area contributed by atoms with E-state index in [4.69, 9.17) is 11.6 Å². The van der Waals surface area contributed by atoms with Crippen molar-refractivity contribution in [2.24, 2.45) is 0 Å². The van der Waals surface area contributed by atoms with Crippen LogP contribution in [0.1, 0.15) is 12.0 Å². The molecule has 0 fully saturated rings. The molecular weight excluding hydrogens is 290 g/mol. The Labute approximate surface area is 127 Å². The van der Waals surface area contributed by atoms with Crippen LogP contribution in [-0.2, 0) is 16.1 Å². The maximum absolute atomic E-state index is 11.7. The zero-order chi connectivity index (χ0) is 15.1. The van der Waals surface area contributed by atoms with Gasteiger partial charge in [-0.05, 0) is 29.8 Å². The highest BCUT2D eigenvalue weighted by molar-refractivity contribution is 6.30. The van der Waals surface area contributed by atoms with Gasteiger partial charge in [0.1, 0.15) is 6.42 Å². The summed E-state index contributed by atoms with van der Waals surface area (Å²) in [5.74, 6) is -0.737. The Morgan fingerprint density at radius 1 is 1.14 bits per heavy atom. The van der Waals surface area contributed by atoms with Gasteiger partial charge in [0.25, 0.3) is 0 Å². The maximum atomic E-state index is 11.7. The minimum absolute atomic E-state index is 0.243. The molecule has 0 aliphatic rings. The van der Waals surface area contributed by atoms with E-state index in [1.165, 1.54) is 0 Å². The van der Waals surface area contributed by atoms with E-state index in [-0.39, 0.29) is 18.2 Å². The van der Waals surface area contributed by atoms with Crippen LogP contribution in [0.2, 0.25) is 5.02 Å². The monoisotopic (exact) mass is 303 g/mol. The fourth-order valence-corrected chi connectivity index (χ4v) is 1.87. The first kappa shape index (κ1) is 15.0. The van der Waals surface area contributed by atoms with Crippen molar-refractivity contribution in [1.82, 2.24) is 10.3 Å². The standard InChI is InChI=1S/C15H14ClN3O2/c16-12-4-1-5-13(7-12)19-15(21)8-14(20)18-10-11-3-2-6-17-9-11/h1-7,9H,8,10H2,(H,18,20)(H,19,21). The zero-order valence-corrected chi connectivity index (χ0v) is 11.9. The van der Waals surface area contributed by atoms with E-state index >= 15 is 0 Å². The second-order valence-corrected chi connectivity index (χ2v) is 4.81. The van der Waals surface area contributed by atoms with Gasteiger partial charge in [-0.2, -0.15) is 0 Å². The molecule has 1 aromatic heterocycles. The lowest BCUT2D eigenvalue weighted by atomic mass is 10.2. The van der Waals surface area contributed by atoms with Gasteiger partial charge in [0.05, 0.1) is 0 Å². The SMILES string of the molecule is O=C(CC(=O)Nc1cccc(Cl)c1)NCc1cccnc1. The largest absolute Gasteiger partial charge is 0.352 e. The third-order valence-electron chi connectivity index (χ3n) is 2.64. The number of pyridine rings is 1. The van der Waals surface area contributed by atoms with Crippen LogP contribution in [0, 0.1) is 0 Å². The third-order valence-corrected chi connectivity index (χ3v) is 2.88. The lowest BCUT2D eigenvalue weighted by molar-refractivity contribution is -0.126. The Morgan fingerprint density at radius 3 is 2.71 bits per heavy atom. The minimum atomic E-state index is -0.388. The predicted octanol–water partition coefficient (Wildman–Crippen LogP) is 2.38. The predicted molar refractivity (Wildman–Crippen MR) is 80.8 cm³/mol. The number of benzene rings is 1. The number of rotatable bonds is 5. The molecular formula is C15H14ClN3O2. The molecule has 0 aliphatic carbocycles. The molecule has 0 aliphatic heterocycles. The maximum Gasteiger partial charge on any atom is 0.233 e. The lowest BCUT2D eigenvalue weighted by Gasteiger charge is -2.07. The van der Waals surface area contributed by atoms with Crippen molar-refractivity contribution < 1.29 is 9.59 Å². The normalized spacial score (nSPS) is 9.95. The Kier molecular flexibility index (Phi) is 5.29. The summed E-state index contributed by atoms with van der Waals surface area (Å²) in [4.78, 5) is 27.3. The number of amides is 2. The topological polar surface area (TPSA) is 71.1 Å². The molecule has 5 nitrogen and oxygen atoms in total. The lowest BCUT2D eigenvalue weighted by Crippen LogP contribution is -2.27. The van der Waals surface area contributed by atoms with Crippen molar-refractivity contribution in [2.45, 2.75) is 13.0 Å². The van der Waals surface area contributed by atoms with Crippen LogP contribution in [0.5, 0.6) is 0 Å². The highest BCUT2D eigenvalue weighted by Gasteiger charge is 2.09. The van der Waals surface area contributed by atoms with Gasteiger partial charge in [0.15, 0.2) is 0 Å². The van der Waals surface area contributed by atoms with Gasteiger partial charge < -0.3 is 10.6 Å². The first-order chi connectivity index (χ1) is 10.1. The zero-order valence-electron chi connectivity index (χ0n) is 11.2. The van der Waals surface area contributed by atoms with Crippen molar-refractivity contribution in [3.05, 3.63) is 59.4 Å². The van der Waals surface area contributed by atoms with Crippen LogP contribution >= 0.6 is 11.6 Å². The van der Waals surface area contributed by atoms with Crippen LogP contribution in [-0.4, -0.2) is 16.8 Å². The summed E-state index contributed by atoms with van der Waals surface area (Å²) in [5, 5.41) is 5.80. The molecule has 2 N–H and O–H groups in total. The second-order valence-electron chi connectivity index (χ2n) is 4.37. The summed E-state index contributed by atoms with van der Waals surface area (Å²) >= 11 is 5.82. The van der Waals surface area contributed by atoms with E-state index < -0.39 is 0 Å². The Hall–Kier alpha value is -2.40. The van der Waals surface area contributed by atoms with Crippen molar-refractivity contribution >= 4 is 29.1 Å². The molecule has 0 radical (unpaired) electrons. The number of carbonyl (C=O) groups excluding carboxylic acids is 2. The number of carbonyl (C=O) groups is 2. The van der Waals surface area contributed by atoms with E-state index in [1.807, 2.05) is 6.07 Å². The molecule has 0 spiro atoms. The summed E-state index contributed by atoms with van der Waals surface area (Å²) in [7, 11) is 0. The van der Waals surface area contributed by atoms with Gasteiger partial charge >= 0.3 is 0 Å². The van der Waals surface area contributed by atoms with Gasteiger partial charge in [-0.1, -0.05) is 23.7 Å². The quantitative estimate of drug-likeness (QED) is 0.833. The smallest absolute Gasteiger partial charge is 0.233 e. The fraction of sp³-hybridized carbons (Fsp3) is 0.133. The number of aromatic nitrogens is 1. The number of anilines is 1. The van der Waals surface area contributed by atoms with Crippen LogP contribution in [0.4, 0.5) is 5.69 Å². The van der Waals surface area contributed by atoms with Crippen LogP contribution < -0.4 is 10.6 Å². The first-order valence-electron chi connectivity index (χ1n) is 6.34. The van der Waals surface area contributed by atoms with Gasteiger partial charge in [0.2, 0.25) is 11.8 Å². The van der Waals surface area contributed by atoms with Crippen molar-refractivity contribution in [3.8, 4) is 0 Å². The molecule has 0 saturated carbocycles. The number of hydrogen-bond donors (Lipinski definition) is 2.